The normalized spacial score (nSPS) is 15.5. The summed E-state index contributed by atoms with van der Waals surface area (Å²) < 4.78 is 14.5. The van der Waals surface area contributed by atoms with E-state index in [0.717, 1.165) is 16.8 Å². The second-order valence-electron chi connectivity index (χ2n) is 5.99. The van der Waals surface area contributed by atoms with Crippen LogP contribution in [-0.4, -0.2) is 52.2 Å². The van der Waals surface area contributed by atoms with E-state index in [-0.39, 0.29) is 5.82 Å². The van der Waals surface area contributed by atoms with E-state index >= 15 is 0 Å². The highest BCUT2D eigenvalue weighted by Crippen LogP contribution is 2.24. The van der Waals surface area contributed by atoms with Gasteiger partial charge in [-0.2, -0.15) is 0 Å². The highest BCUT2D eigenvalue weighted by Gasteiger charge is 2.21. The van der Waals surface area contributed by atoms with E-state index in [0.29, 0.717) is 38.3 Å². The summed E-state index contributed by atoms with van der Waals surface area (Å²) in [5, 5.41) is 8.96. The lowest BCUT2D eigenvalue weighted by atomic mass is 10.0. The SMILES string of the molecule is Cc1ncccc1-c1ccc(CN2CCN(C(=O)O)CC2)c(F)c1. The monoisotopic (exact) mass is 329 g/mol. The number of carboxylic acid groups (broad SMARTS) is 1. The lowest BCUT2D eigenvalue weighted by Gasteiger charge is -2.33. The van der Waals surface area contributed by atoms with Crippen LogP contribution in [0.5, 0.6) is 0 Å². The van der Waals surface area contributed by atoms with Gasteiger partial charge in [0.1, 0.15) is 5.82 Å². The average Bonchev–Trinajstić information content (AvgIpc) is 2.58. The first-order chi connectivity index (χ1) is 11.5. The molecule has 24 heavy (non-hydrogen) atoms. The van der Waals surface area contributed by atoms with Crippen LogP contribution >= 0.6 is 0 Å². The predicted molar refractivity (Wildman–Crippen MR) is 89.2 cm³/mol. The van der Waals surface area contributed by atoms with Crippen molar-refractivity contribution in [2.45, 2.75) is 13.5 Å². The molecule has 0 radical (unpaired) electrons. The summed E-state index contributed by atoms with van der Waals surface area (Å²) in [5.74, 6) is -0.239. The van der Waals surface area contributed by atoms with Crippen LogP contribution in [0.1, 0.15) is 11.3 Å². The molecule has 1 saturated heterocycles. The maximum absolute atomic E-state index is 14.5. The second-order valence-corrected chi connectivity index (χ2v) is 5.99. The van der Waals surface area contributed by atoms with Gasteiger partial charge in [0.05, 0.1) is 0 Å². The van der Waals surface area contributed by atoms with Crippen LogP contribution in [0.3, 0.4) is 0 Å². The fraction of sp³-hybridized carbons (Fsp3) is 0.333. The molecule has 2 aromatic rings. The molecule has 1 aromatic heterocycles. The molecule has 1 fully saturated rings. The number of aryl methyl sites for hydroxylation is 1. The van der Waals surface area contributed by atoms with Crippen molar-refractivity contribution >= 4 is 6.09 Å². The zero-order valence-electron chi connectivity index (χ0n) is 13.6. The van der Waals surface area contributed by atoms with Gasteiger partial charge in [0, 0.05) is 55.7 Å². The fourth-order valence-electron chi connectivity index (χ4n) is 2.97. The number of aromatic nitrogens is 1. The Kier molecular flexibility index (Phi) is 4.76. The number of piperazine rings is 1. The van der Waals surface area contributed by atoms with E-state index in [1.165, 1.54) is 4.90 Å². The largest absolute Gasteiger partial charge is 0.465 e. The topological polar surface area (TPSA) is 56.7 Å². The number of nitrogens with zero attached hydrogens (tertiary/aromatic N) is 3. The van der Waals surface area contributed by atoms with Crippen molar-refractivity contribution in [3.8, 4) is 11.1 Å². The number of benzene rings is 1. The van der Waals surface area contributed by atoms with Crippen LogP contribution in [0.15, 0.2) is 36.5 Å². The van der Waals surface area contributed by atoms with Crippen LogP contribution in [-0.2, 0) is 6.54 Å². The van der Waals surface area contributed by atoms with Crippen LogP contribution in [0.2, 0.25) is 0 Å². The van der Waals surface area contributed by atoms with Crippen LogP contribution < -0.4 is 0 Å². The van der Waals surface area contributed by atoms with Crippen molar-refractivity contribution in [1.29, 1.82) is 0 Å². The molecule has 2 heterocycles. The lowest BCUT2D eigenvalue weighted by molar-refractivity contribution is 0.102. The Morgan fingerprint density at radius 2 is 2.00 bits per heavy atom. The highest BCUT2D eigenvalue weighted by atomic mass is 19.1. The number of amides is 1. The maximum atomic E-state index is 14.5. The molecule has 1 amide bonds. The number of rotatable bonds is 3. The molecule has 0 spiro atoms. The molecule has 0 aliphatic carbocycles. The maximum Gasteiger partial charge on any atom is 0.407 e. The molecule has 6 heteroatoms. The Labute approximate surface area is 140 Å². The summed E-state index contributed by atoms with van der Waals surface area (Å²) >= 11 is 0. The van der Waals surface area contributed by atoms with Gasteiger partial charge in [-0.05, 0) is 24.6 Å². The van der Waals surface area contributed by atoms with E-state index in [1.807, 2.05) is 25.1 Å². The first kappa shape index (κ1) is 16.4. The fourth-order valence-corrected chi connectivity index (χ4v) is 2.97. The molecule has 0 bridgehead atoms. The summed E-state index contributed by atoms with van der Waals surface area (Å²) in [7, 11) is 0. The van der Waals surface area contributed by atoms with E-state index in [4.69, 9.17) is 5.11 Å². The van der Waals surface area contributed by atoms with Crippen LogP contribution in [0.25, 0.3) is 11.1 Å². The summed E-state index contributed by atoms with van der Waals surface area (Å²) in [4.78, 5) is 18.6. The van der Waals surface area contributed by atoms with Crippen LogP contribution in [0.4, 0.5) is 9.18 Å². The lowest BCUT2D eigenvalue weighted by Crippen LogP contribution is -2.47. The van der Waals surface area contributed by atoms with Gasteiger partial charge < -0.3 is 10.0 Å². The third-order valence-electron chi connectivity index (χ3n) is 4.41. The molecule has 1 N–H and O–H groups in total. The Hall–Kier alpha value is -2.47. The van der Waals surface area contributed by atoms with E-state index < -0.39 is 6.09 Å². The zero-order valence-corrected chi connectivity index (χ0v) is 13.6. The standard InChI is InChI=1S/C18H20FN3O2/c1-13-16(3-2-6-20-13)14-4-5-15(17(19)11-14)12-21-7-9-22(10-8-21)18(23)24/h2-6,11H,7-10,12H2,1H3,(H,23,24). The third-order valence-corrected chi connectivity index (χ3v) is 4.41. The summed E-state index contributed by atoms with van der Waals surface area (Å²) in [6.07, 6.45) is 0.831. The van der Waals surface area contributed by atoms with Crippen LogP contribution in [0, 0.1) is 12.7 Å². The number of pyridine rings is 1. The summed E-state index contributed by atoms with van der Waals surface area (Å²) in [6.45, 7) is 4.56. The molecular weight excluding hydrogens is 309 g/mol. The molecule has 1 aliphatic heterocycles. The molecule has 1 aliphatic rings. The van der Waals surface area contributed by atoms with Gasteiger partial charge in [0.25, 0.3) is 0 Å². The number of hydrogen-bond acceptors (Lipinski definition) is 3. The molecule has 1 aromatic carbocycles. The Balaban J connectivity index is 1.70. The third kappa shape index (κ3) is 3.54. The van der Waals surface area contributed by atoms with Gasteiger partial charge in [0.15, 0.2) is 0 Å². The van der Waals surface area contributed by atoms with E-state index in [9.17, 15) is 9.18 Å². The Morgan fingerprint density at radius 3 is 2.62 bits per heavy atom. The van der Waals surface area contributed by atoms with E-state index in [2.05, 4.69) is 9.88 Å². The van der Waals surface area contributed by atoms with Crippen molar-refractivity contribution in [2.75, 3.05) is 26.2 Å². The summed E-state index contributed by atoms with van der Waals surface area (Å²) in [6, 6.07) is 9.04. The van der Waals surface area contributed by atoms with Gasteiger partial charge in [-0.3, -0.25) is 9.88 Å². The van der Waals surface area contributed by atoms with Gasteiger partial charge in [-0.1, -0.05) is 18.2 Å². The molecule has 0 saturated carbocycles. The smallest absolute Gasteiger partial charge is 0.407 e. The van der Waals surface area contributed by atoms with Gasteiger partial charge in [-0.25, -0.2) is 9.18 Å². The number of hydrogen-bond donors (Lipinski definition) is 1. The van der Waals surface area contributed by atoms with E-state index in [1.54, 1.807) is 18.3 Å². The molecule has 0 unspecified atom stereocenters. The zero-order chi connectivity index (χ0) is 17.1. The molecule has 5 nitrogen and oxygen atoms in total. The predicted octanol–water partition coefficient (Wildman–Crippen LogP) is 2.99. The first-order valence-electron chi connectivity index (χ1n) is 7.95. The molecule has 126 valence electrons. The average molecular weight is 329 g/mol. The Morgan fingerprint density at radius 1 is 1.25 bits per heavy atom. The first-order valence-corrected chi connectivity index (χ1v) is 7.95. The second kappa shape index (κ2) is 6.97. The van der Waals surface area contributed by atoms with Crippen molar-refractivity contribution in [3.63, 3.8) is 0 Å². The van der Waals surface area contributed by atoms with Gasteiger partial charge in [-0.15, -0.1) is 0 Å². The van der Waals surface area contributed by atoms with Crippen molar-refractivity contribution in [3.05, 3.63) is 53.6 Å². The molecule has 3 rings (SSSR count). The minimum Gasteiger partial charge on any atom is -0.465 e. The van der Waals surface area contributed by atoms with Crippen molar-refractivity contribution in [1.82, 2.24) is 14.8 Å². The molecule has 0 atom stereocenters. The quantitative estimate of drug-likeness (QED) is 0.940. The number of carbonyl (C=O) groups is 1. The minimum atomic E-state index is -0.892. The van der Waals surface area contributed by atoms with Crippen molar-refractivity contribution in [2.24, 2.45) is 0 Å². The number of halogens is 1. The van der Waals surface area contributed by atoms with Crippen molar-refractivity contribution < 1.29 is 14.3 Å². The minimum absolute atomic E-state index is 0.239. The Bertz CT molecular complexity index is 743. The highest BCUT2D eigenvalue weighted by molar-refractivity contribution is 5.66. The van der Waals surface area contributed by atoms with Gasteiger partial charge >= 0.3 is 6.09 Å². The molecular formula is C18H20FN3O2. The van der Waals surface area contributed by atoms with Gasteiger partial charge in [0.2, 0.25) is 0 Å². The summed E-state index contributed by atoms with van der Waals surface area (Å²) in [5.41, 5.74) is 3.24.